The number of aromatic hydroxyl groups is 1. The molecule has 1 aromatic carbocycles. The highest BCUT2D eigenvalue weighted by Gasteiger charge is 2.03. The van der Waals surface area contributed by atoms with E-state index >= 15 is 0 Å². The van der Waals surface area contributed by atoms with Crippen molar-refractivity contribution in [3.8, 4) is 5.75 Å². The summed E-state index contributed by atoms with van der Waals surface area (Å²) in [4.78, 5) is 4.53. The molecule has 0 bridgehead atoms. The summed E-state index contributed by atoms with van der Waals surface area (Å²) in [6, 6.07) is 4.04. The minimum Gasteiger partial charge on any atom is -0.505 e. The van der Waals surface area contributed by atoms with Gasteiger partial charge in [0.25, 0.3) is 0 Å². The van der Waals surface area contributed by atoms with Crippen LogP contribution in [0, 0.1) is 5.82 Å². The molecule has 1 N–H and O–H groups in total. The molecule has 0 aliphatic heterocycles. The fraction of sp³-hybridized carbons (Fsp3) is 0.222. The number of nitrogens with zero attached hydrogens (tertiary/aromatic N) is 1. The molecule has 1 aromatic rings. The molecule has 70 valence electrons. The summed E-state index contributed by atoms with van der Waals surface area (Å²) < 4.78 is 12.8. The molecular formula is C9H10FNO2. The van der Waals surface area contributed by atoms with Crippen LogP contribution < -0.4 is 0 Å². The third kappa shape index (κ3) is 2.18. The Morgan fingerprint density at radius 1 is 1.54 bits per heavy atom. The fourth-order valence-electron chi connectivity index (χ4n) is 0.922. The molecule has 0 aliphatic carbocycles. The highest BCUT2D eigenvalue weighted by Crippen LogP contribution is 2.16. The molecule has 0 spiro atoms. The highest BCUT2D eigenvalue weighted by atomic mass is 19.1. The van der Waals surface area contributed by atoms with E-state index in [9.17, 15) is 4.39 Å². The SMILES string of the molecule is CO/N=C(/C)c1ccc(O)c(F)c1. The number of hydrogen-bond donors (Lipinski definition) is 1. The molecule has 1 rings (SSSR count). The van der Waals surface area contributed by atoms with Crippen LogP contribution in [-0.4, -0.2) is 17.9 Å². The Morgan fingerprint density at radius 2 is 2.23 bits per heavy atom. The van der Waals surface area contributed by atoms with Crippen molar-refractivity contribution in [2.75, 3.05) is 7.11 Å². The molecule has 13 heavy (non-hydrogen) atoms. The number of halogens is 1. The van der Waals surface area contributed by atoms with E-state index in [0.717, 1.165) is 0 Å². The molecule has 0 aromatic heterocycles. The maximum absolute atomic E-state index is 12.8. The van der Waals surface area contributed by atoms with Gasteiger partial charge in [0.05, 0.1) is 5.71 Å². The van der Waals surface area contributed by atoms with Gasteiger partial charge in [0, 0.05) is 5.56 Å². The van der Waals surface area contributed by atoms with E-state index in [4.69, 9.17) is 5.11 Å². The van der Waals surface area contributed by atoms with Crippen molar-refractivity contribution >= 4 is 5.71 Å². The first-order chi connectivity index (χ1) is 6.15. The summed E-state index contributed by atoms with van der Waals surface area (Å²) in [6.07, 6.45) is 0. The van der Waals surface area contributed by atoms with Crippen LogP contribution in [0.25, 0.3) is 0 Å². The van der Waals surface area contributed by atoms with Crippen LogP contribution in [0.1, 0.15) is 12.5 Å². The number of oxime groups is 1. The number of benzene rings is 1. The molecule has 0 heterocycles. The molecule has 0 radical (unpaired) electrons. The second kappa shape index (κ2) is 3.89. The lowest BCUT2D eigenvalue weighted by atomic mass is 10.1. The molecule has 3 nitrogen and oxygen atoms in total. The summed E-state index contributed by atoms with van der Waals surface area (Å²) in [5.41, 5.74) is 1.14. The number of phenols is 1. The van der Waals surface area contributed by atoms with Gasteiger partial charge < -0.3 is 9.94 Å². The molecule has 0 amide bonds. The van der Waals surface area contributed by atoms with Crippen molar-refractivity contribution in [3.05, 3.63) is 29.6 Å². The predicted octanol–water partition coefficient (Wildman–Crippen LogP) is 1.90. The van der Waals surface area contributed by atoms with Crippen LogP contribution in [0.2, 0.25) is 0 Å². The van der Waals surface area contributed by atoms with E-state index in [-0.39, 0.29) is 5.75 Å². The summed E-state index contributed by atoms with van der Waals surface area (Å²) >= 11 is 0. The van der Waals surface area contributed by atoms with Crippen molar-refractivity contribution < 1.29 is 14.3 Å². The third-order valence-electron chi connectivity index (χ3n) is 1.59. The molecule has 0 fully saturated rings. The van der Waals surface area contributed by atoms with Crippen molar-refractivity contribution in [2.24, 2.45) is 5.16 Å². The summed E-state index contributed by atoms with van der Waals surface area (Å²) in [5.74, 6) is -1.03. The van der Waals surface area contributed by atoms with Gasteiger partial charge in [-0.2, -0.15) is 0 Å². The minimum atomic E-state index is -0.664. The zero-order valence-corrected chi connectivity index (χ0v) is 7.41. The zero-order chi connectivity index (χ0) is 9.84. The van der Waals surface area contributed by atoms with Gasteiger partial charge in [-0.1, -0.05) is 5.16 Å². The second-order valence-electron chi connectivity index (χ2n) is 2.53. The van der Waals surface area contributed by atoms with E-state index in [0.29, 0.717) is 11.3 Å². The van der Waals surface area contributed by atoms with Gasteiger partial charge in [-0.05, 0) is 25.1 Å². The number of hydrogen-bond acceptors (Lipinski definition) is 3. The van der Waals surface area contributed by atoms with Crippen molar-refractivity contribution in [2.45, 2.75) is 6.92 Å². The number of phenolic OH excluding ortho intramolecular Hbond substituents is 1. The summed E-state index contributed by atoms with van der Waals surface area (Å²) in [5, 5.41) is 12.5. The van der Waals surface area contributed by atoms with Gasteiger partial charge in [-0.15, -0.1) is 0 Å². The van der Waals surface area contributed by atoms with Crippen molar-refractivity contribution in [1.29, 1.82) is 0 Å². The molecule has 0 aliphatic rings. The van der Waals surface area contributed by atoms with E-state index in [1.165, 1.54) is 19.2 Å². The first-order valence-electron chi connectivity index (χ1n) is 3.72. The summed E-state index contributed by atoms with van der Waals surface area (Å²) in [7, 11) is 1.42. The maximum Gasteiger partial charge on any atom is 0.165 e. The van der Waals surface area contributed by atoms with Gasteiger partial charge in [-0.3, -0.25) is 0 Å². The lowest BCUT2D eigenvalue weighted by Gasteiger charge is -2.00. The van der Waals surface area contributed by atoms with Crippen molar-refractivity contribution in [3.63, 3.8) is 0 Å². The van der Waals surface area contributed by atoms with Crippen LogP contribution in [0.4, 0.5) is 4.39 Å². The van der Waals surface area contributed by atoms with Gasteiger partial charge in [-0.25, -0.2) is 4.39 Å². The molecule has 0 saturated heterocycles. The van der Waals surface area contributed by atoms with Gasteiger partial charge >= 0.3 is 0 Å². The monoisotopic (exact) mass is 183 g/mol. The Balaban J connectivity index is 3.04. The molecule has 0 saturated carbocycles. The summed E-state index contributed by atoms with van der Waals surface area (Å²) in [6.45, 7) is 1.69. The fourth-order valence-corrected chi connectivity index (χ4v) is 0.922. The third-order valence-corrected chi connectivity index (χ3v) is 1.59. The first kappa shape index (κ1) is 9.51. The largest absolute Gasteiger partial charge is 0.505 e. The van der Waals surface area contributed by atoms with Crippen molar-refractivity contribution in [1.82, 2.24) is 0 Å². The van der Waals surface area contributed by atoms with Crippen LogP contribution in [0.15, 0.2) is 23.4 Å². The average Bonchev–Trinajstić information content (AvgIpc) is 2.10. The standard InChI is InChI=1S/C9H10FNO2/c1-6(11-13-2)7-3-4-9(12)8(10)5-7/h3-5,12H,1-2H3/b11-6-. The Labute approximate surface area is 75.4 Å². The van der Waals surface area contributed by atoms with Crippen LogP contribution in [-0.2, 0) is 4.84 Å². The van der Waals surface area contributed by atoms with E-state index < -0.39 is 5.82 Å². The van der Waals surface area contributed by atoms with Gasteiger partial charge in [0.2, 0.25) is 0 Å². The molecule has 0 unspecified atom stereocenters. The zero-order valence-electron chi connectivity index (χ0n) is 7.41. The Kier molecular flexibility index (Phi) is 2.84. The minimum absolute atomic E-state index is 0.367. The molecular weight excluding hydrogens is 173 g/mol. The quantitative estimate of drug-likeness (QED) is 0.562. The smallest absolute Gasteiger partial charge is 0.165 e. The van der Waals surface area contributed by atoms with Gasteiger partial charge in [0.1, 0.15) is 7.11 Å². The number of rotatable bonds is 2. The lowest BCUT2D eigenvalue weighted by molar-refractivity contribution is 0.213. The molecule has 4 heteroatoms. The predicted molar refractivity (Wildman–Crippen MR) is 47.3 cm³/mol. The maximum atomic E-state index is 12.8. The topological polar surface area (TPSA) is 41.8 Å². The Morgan fingerprint density at radius 3 is 2.77 bits per heavy atom. The van der Waals surface area contributed by atoms with Crippen LogP contribution in [0.3, 0.4) is 0 Å². The van der Waals surface area contributed by atoms with Gasteiger partial charge in [0.15, 0.2) is 11.6 Å². The van der Waals surface area contributed by atoms with E-state index in [2.05, 4.69) is 9.99 Å². The molecule has 0 atom stereocenters. The van der Waals surface area contributed by atoms with E-state index in [1.807, 2.05) is 0 Å². The lowest BCUT2D eigenvalue weighted by Crippen LogP contribution is -1.95. The van der Waals surface area contributed by atoms with Crippen LogP contribution in [0.5, 0.6) is 5.75 Å². The first-order valence-corrected chi connectivity index (χ1v) is 3.72. The van der Waals surface area contributed by atoms with Crippen LogP contribution >= 0.6 is 0 Å². The Bertz CT molecular complexity index is 336. The Hall–Kier alpha value is -1.58. The second-order valence-corrected chi connectivity index (χ2v) is 2.53. The highest BCUT2D eigenvalue weighted by molar-refractivity contribution is 5.98. The average molecular weight is 183 g/mol. The van der Waals surface area contributed by atoms with E-state index in [1.54, 1.807) is 13.0 Å². The normalized spacial score (nSPS) is 11.5.